The molecule has 0 saturated carbocycles. The highest BCUT2D eigenvalue weighted by Crippen LogP contribution is 2.25. The van der Waals surface area contributed by atoms with E-state index in [4.69, 9.17) is 23.2 Å². The molecule has 2 aromatic rings. The van der Waals surface area contributed by atoms with Crippen LogP contribution in [0.25, 0.3) is 6.08 Å². The van der Waals surface area contributed by atoms with Gasteiger partial charge in [0.1, 0.15) is 11.6 Å². The zero-order chi connectivity index (χ0) is 16.8. The first-order chi connectivity index (χ1) is 11.0. The lowest BCUT2D eigenvalue weighted by molar-refractivity contribution is -0.112. The molecule has 0 unspecified atom stereocenters. The van der Waals surface area contributed by atoms with Gasteiger partial charge in [-0.25, -0.2) is 0 Å². The zero-order valence-electron chi connectivity index (χ0n) is 12.4. The van der Waals surface area contributed by atoms with Crippen molar-refractivity contribution in [3.63, 3.8) is 0 Å². The number of rotatable bonds is 4. The molecule has 2 rings (SSSR count). The van der Waals surface area contributed by atoms with Crippen LogP contribution in [0.3, 0.4) is 0 Å². The molecule has 0 saturated heterocycles. The molecule has 0 aliphatic rings. The maximum Gasteiger partial charge on any atom is 0.266 e. The summed E-state index contributed by atoms with van der Waals surface area (Å²) in [5.41, 5.74) is 2.39. The van der Waals surface area contributed by atoms with E-state index in [1.54, 1.807) is 18.2 Å². The second-order valence-corrected chi connectivity index (χ2v) is 5.69. The van der Waals surface area contributed by atoms with Crippen molar-refractivity contribution in [2.45, 2.75) is 13.3 Å². The highest BCUT2D eigenvalue weighted by Gasteiger charge is 2.11. The van der Waals surface area contributed by atoms with E-state index >= 15 is 0 Å². The largest absolute Gasteiger partial charge is 0.320 e. The Morgan fingerprint density at radius 3 is 2.48 bits per heavy atom. The Kier molecular flexibility index (Phi) is 5.81. The topological polar surface area (TPSA) is 52.9 Å². The fourth-order valence-electron chi connectivity index (χ4n) is 1.95. The number of benzene rings is 2. The molecule has 116 valence electrons. The average molecular weight is 345 g/mol. The monoisotopic (exact) mass is 344 g/mol. The lowest BCUT2D eigenvalue weighted by atomic mass is 10.1. The van der Waals surface area contributed by atoms with E-state index in [2.05, 4.69) is 12.2 Å². The number of amides is 1. The van der Waals surface area contributed by atoms with Gasteiger partial charge in [0.05, 0.1) is 10.7 Å². The van der Waals surface area contributed by atoms with Gasteiger partial charge in [-0.1, -0.05) is 54.4 Å². The van der Waals surface area contributed by atoms with Crippen molar-refractivity contribution in [1.82, 2.24) is 0 Å². The summed E-state index contributed by atoms with van der Waals surface area (Å²) in [5, 5.41) is 12.6. The molecule has 3 nitrogen and oxygen atoms in total. The first-order valence-corrected chi connectivity index (χ1v) is 7.76. The molecular weight excluding hydrogens is 331 g/mol. The second-order valence-electron chi connectivity index (χ2n) is 4.84. The first kappa shape index (κ1) is 17.1. The van der Waals surface area contributed by atoms with Crippen LogP contribution in [0.1, 0.15) is 18.1 Å². The third-order valence-corrected chi connectivity index (χ3v) is 3.79. The van der Waals surface area contributed by atoms with Crippen molar-refractivity contribution in [1.29, 1.82) is 5.26 Å². The van der Waals surface area contributed by atoms with Crippen LogP contribution in [-0.4, -0.2) is 5.91 Å². The molecule has 0 fully saturated rings. The van der Waals surface area contributed by atoms with Gasteiger partial charge >= 0.3 is 0 Å². The number of nitriles is 1. The van der Waals surface area contributed by atoms with Crippen LogP contribution in [0.15, 0.2) is 48.0 Å². The van der Waals surface area contributed by atoms with Crippen molar-refractivity contribution >= 4 is 40.9 Å². The summed E-state index contributed by atoms with van der Waals surface area (Å²) >= 11 is 11.8. The third kappa shape index (κ3) is 4.59. The highest BCUT2D eigenvalue weighted by molar-refractivity contribution is 6.36. The minimum absolute atomic E-state index is 0.000245. The quantitative estimate of drug-likeness (QED) is 0.619. The highest BCUT2D eigenvalue weighted by atomic mass is 35.5. The number of hydrogen-bond acceptors (Lipinski definition) is 2. The SMILES string of the molecule is CCc1ccc(/C=C(\C#N)C(=O)Nc2ccc(Cl)cc2Cl)cc1. The summed E-state index contributed by atoms with van der Waals surface area (Å²) in [6, 6.07) is 14.3. The number of carbonyl (C=O) groups is 1. The molecule has 0 spiro atoms. The van der Waals surface area contributed by atoms with Crippen LogP contribution < -0.4 is 5.32 Å². The van der Waals surface area contributed by atoms with Crippen LogP contribution in [0, 0.1) is 11.3 Å². The predicted octanol–water partition coefficient (Wildman–Crippen LogP) is 5.10. The van der Waals surface area contributed by atoms with Crippen molar-refractivity contribution in [2.75, 3.05) is 5.32 Å². The van der Waals surface area contributed by atoms with E-state index in [1.165, 1.54) is 11.6 Å². The van der Waals surface area contributed by atoms with E-state index in [9.17, 15) is 10.1 Å². The summed E-state index contributed by atoms with van der Waals surface area (Å²) in [6.45, 7) is 2.06. The minimum Gasteiger partial charge on any atom is -0.320 e. The van der Waals surface area contributed by atoms with E-state index in [0.29, 0.717) is 15.7 Å². The molecule has 1 amide bonds. The summed E-state index contributed by atoms with van der Waals surface area (Å²) < 4.78 is 0. The van der Waals surface area contributed by atoms with Crippen molar-refractivity contribution in [2.24, 2.45) is 0 Å². The van der Waals surface area contributed by atoms with Gasteiger partial charge in [0, 0.05) is 5.02 Å². The minimum atomic E-state index is -0.517. The Hall–Kier alpha value is -2.28. The number of hydrogen-bond donors (Lipinski definition) is 1. The van der Waals surface area contributed by atoms with Gasteiger partial charge in [-0.2, -0.15) is 5.26 Å². The molecule has 0 aliphatic carbocycles. The number of nitrogens with one attached hydrogen (secondary N) is 1. The Labute approximate surface area is 145 Å². The van der Waals surface area contributed by atoms with Gasteiger partial charge in [0.2, 0.25) is 0 Å². The van der Waals surface area contributed by atoms with Crippen LogP contribution in [0.4, 0.5) is 5.69 Å². The van der Waals surface area contributed by atoms with Crippen LogP contribution in [0.2, 0.25) is 10.0 Å². The lowest BCUT2D eigenvalue weighted by Gasteiger charge is -2.07. The van der Waals surface area contributed by atoms with Crippen LogP contribution in [0.5, 0.6) is 0 Å². The molecular formula is C18H14Cl2N2O. The van der Waals surface area contributed by atoms with E-state index in [-0.39, 0.29) is 5.57 Å². The zero-order valence-corrected chi connectivity index (χ0v) is 13.9. The summed E-state index contributed by atoms with van der Waals surface area (Å²) in [4.78, 5) is 12.2. The Bertz CT molecular complexity index is 790. The Morgan fingerprint density at radius 2 is 1.91 bits per heavy atom. The molecule has 0 bridgehead atoms. The Balaban J connectivity index is 2.20. The van der Waals surface area contributed by atoms with Crippen molar-refractivity contribution in [3.8, 4) is 6.07 Å². The van der Waals surface area contributed by atoms with E-state index in [0.717, 1.165) is 12.0 Å². The van der Waals surface area contributed by atoms with Crippen LogP contribution >= 0.6 is 23.2 Å². The fourth-order valence-corrected chi connectivity index (χ4v) is 2.40. The molecule has 0 heterocycles. The van der Waals surface area contributed by atoms with Gasteiger partial charge in [-0.15, -0.1) is 0 Å². The van der Waals surface area contributed by atoms with Gasteiger partial charge in [-0.05, 0) is 41.8 Å². The summed E-state index contributed by atoms with van der Waals surface area (Å²) in [6.07, 6.45) is 2.48. The van der Waals surface area contributed by atoms with Gasteiger partial charge in [0.15, 0.2) is 0 Å². The van der Waals surface area contributed by atoms with Crippen molar-refractivity contribution < 1.29 is 4.79 Å². The molecule has 0 aliphatic heterocycles. The average Bonchev–Trinajstić information content (AvgIpc) is 2.55. The molecule has 2 aromatic carbocycles. The maximum absolute atomic E-state index is 12.2. The van der Waals surface area contributed by atoms with Crippen molar-refractivity contribution in [3.05, 3.63) is 69.2 Å². The van der Waals surface area contributed by atoms with Gasteiger partial charge < -0.3 is 5.32 Å². The second kappa shape index (κ2) is 7.82. The molecule has 0 atom stereocenters. The molecule has 1 N–H and O–H groups in total. The first-order valence-electron chi connectivity index (χ1n) is 7.00. The third-order valence-electron chi connectivity index (χ3n) is 3.24. The molecule has 5 heteroatoms. The number of carbonyl (C=O) groups excluding carboxylic acids is 1. The number of halogens is 2. The number of aryl methyl sites for hydroxylation is 1. The normalized spacial score (nSPS) is 11.0. The van der Waals surface area contributed by atoms with E-state index < -0.39 is 5.91 Å². The molecule has 0 aromatic heterocycles. The van der Waals surface area contributed by atoms with E-state index in [1.807, 2.05) is 30.3 Å². The smallest absolute Gasteiger partial charge is 0.266 e. The van der Waals surface area contributed by atoms with Crippen LogP contribution in [-0.2, 0) is 11.2 Å². The molecule has 23 heavy (non-hydrogen) atoms. The fraction of sp³-hybridized carbons (Fsp3) is 0.111. The van der Waals surface area contributed by atoms with Gasteiger partial charge in [0.25, 0.3) is 5.91 Å². The Morgan fingerprint density at radius 1 is 1.22 bits per heavy atom. The lowest BCUT2D eigenvalue weighted by Crippen LogP contribution is -2.13. The summed E-state index contributed by atoms with van der Waals surface area (Å²) in [7, 11) is 0. The maximum atomic E-state index is 12.2. The molecule has 0 radical (unpaired) electrons. The number of nitrogens with zero attached hydrogens (tertiary/aromatic N) is 1. The standard InChI is InChI=1S/C18H14Cl2N2O/c1-2-12-3-5-13(6-4-12)9-14(11-21)18(23)22-17-8-7-15(19)10-16(17)20/h3-10H,2H2,1H3,(H,22,23)/b14-9+. The predicted molar refractivity (Wildman–Crippen MR) is 94.5 cm³/mol. The van der Waals surface area contributed by atoms with Gasteiger partial charge in [-0.3, -0.25) is 4.79 Å². The number of anilines is 1. The summed E-state index contributed by atoms with van der Waals surface area (Å²) in [5.74, 6) is -0.517.